The molecule has 0 saturated carbocycles. The van der Waals surface area contributed by atoms with Crippen LogP contribution < -0.4 is 0 Å². The molecule has 1 aromatic rings. The Bertz CT molecular complexity index is 465. The van der Waals surface area contributed by atoms with Crippen LogP contribution in [0.15, 0.2) is 24.3 Å². The monoisotopic (exact) mass is 302 g/mol. The molecule has 0 aliphatic carbocycles. The Labute approximate surface area is 120 Å². The molecule has 0 bridgehead atoms. The molecule has 0 heterocycles. The van der Waals surface area contributed by atoms with Gasteiger partial charge in [-0.1, -0.05) is 12.1 Å². The molecule has 0 fully saturated rings. The molecule has 1 amide bonds. The summed E-state index contributed by atoms with van der Waals surface area (Å²) < 4.78 is 0. The molecule has 0 radical (unpaired) electrons. The number of hydrogen-bond donors (Lipinski definition) is 2. The molecular weight excluding hydrogens is 288 g/mol. The van der Waals surface area contributed by atoms with Gasteiger partial charge in [0.2, 0.25) is 5.91 Å². The maximum absolute atomic E-state index is 11.6. The van der Waals surface area contributed by atoms with Crippen molar-refractivity contribution in [1.29, 1.82) is 0 Å². The van der Waals surface area contributed by atoms with Gasteiger partial charge in [-0.05, 0) is 5.56 Å². The van der Waals surface area contributed by atoms with Gasteiger partial charge in [-0.2, -0.15) is 0 Å². The number of nitro benzene ring substituents is 1. The highest BCUT2D eigenvalue weighted by atomic mass is 35.5. The Balaban J connectivity index is 2.78. The van der Waals surface area contributed by atoms with Crippen molar-refractivity contribution in [1.82, 2.24) is 4.90 Å². The molecule has 20 heavy (non-hydrogen) atoms. The minimum Gasteiger partial charge on any atom is -0.394 e. The number of hydrogen-bond acceptors (Lipinski definition) is 5. The normalized spacial score (nSPS) is 11.9. The third-order valence-electron chi connectivity index (χ3n) is 2.63. The minimum absolute atomic E-state index is 0.0423. The highest BCUT2D eigenvalue weighted by Gasteiger charge is 2.17. The standard InChI is InChI=1S/C12H15ClN2O5/c13-5-12(18)14(7-11(17)8-16)6-9-1-3-10(4-2-9)15(19)20/h1-4,11,16-17H,5-8H2/t11-/m0/s1. The van der Waals surface area contributed by atoms with Crippen LogP contribution in [0.5, 0.6) is 0 Å². The van der Waals surface area contributed by atoms with Crippen molar-refractivity contribution in [2.75, 3.05) is 19.0 Å². The van der Waals surface area contributed by atoms with E-state index in [-0.39, 0.29) is 24.7 Å². The SMILES string of the molecule is O=C(CCl)N(Cc1ccc([N+](=O)[O-])cc1)C[C@H](O)CO. The molecule has 110 valence electrons. The van der Waals surface area contributed by atoms with Crippen LogP contribution in [0.4, 0.5) is 5.69 Å². The van der Waals surface area contributed by atoms with Crippen molar-refractivity contribution < 1.29 is 19.9 Å². The number of carbonyl (C=O) groups excluding carboxylic acids is 1. The van der Waals surface area contributed by atoms with E-state index in [1.807, 2.05) is 0 Å². The summed E-state index contributed by atoms with van der Waals surface area (Å²) in [7, 11) is 0. The van der Waals surface area contributed by atoms with Crippen molar-refractivity contribution in [2.45, 2.75) is 12.6 Å². The first kappa shape index (κ1) is 16.4. The van der Waals surface area contributed by atoms with Crippen LogP contribution in [0.2, 0.25) is 0 Å². The number of halogens is 1. The van der Waals surface area contributed by atoms with Crippen LogP contribution in [-0.2, 0) is 11.3 Å². The van der Waals surface area contributed by atoms with Crippen molar-refractivity contribution in [2.24, 2.45) is 0 Å². The zero-order valence-electron chi connectivity index (χ0n) is 10.6. The molecule has 0 aliphatic heterocycles. The number of aliphatic hydroxyl groups is 2. The first-order valence-electron chi connectivity index (χ1n) is 5.84. The van der Waals surface area contributed by atoms with E-state index < -0.39 is 23.5 Å². The molecule has 1 atom stereocenters. The van der Waals surface area contributed by atoms with Crippen LogP contribution in [-0.4, -0.2) is 51.1 Å². The van der Waals surface area contributed by atoms with Crippen LogP contribution in [0.1, 0.15) is 5.56 Å². The van der Waals surface area contributed by atoms with Gasteiger partial charge in [0.25, 0.3) is 5.69 Å². The summed E-state index contributed by atoms with van der Waals surface area (Å²) >= 11 is 5.48. The third kappa shape index (κ3) is 4.76. The number of aliphatic hydroxyl groups excluding tert-OH is 2. The fourth-order valence-corrected chi connectivity index (χ4v) is 1.76. The number of rotatable bonds is 7. The second-order valence-electron chi connectivity index (χ2n) is 4.17. The maximum atomic E-state index is 11.6. The van der Waals surface area contributed by atoms with Crippen LogP contribution in [0, 0.1) is 10.1 Å². The van der Waals surface area contributed by atoms with E-state index >= 15 is 0 Å². The zero-order chi connectivity index (χ0) is 15.1. The van der Waals surface area contributed by atoms with Crippen LogP contribution >= 0.6 is 11.6 Å². The molecule has 8 heteroatoms. The highest BCUT2D eigenvalue weighted by Crippen LogP contribution is 2.14. The molecule has 0 aromatic heterocycles. The summed E-state index contributed by atoms with van der Waals surface area (Å²) in [5.74, 6) is -0.636. The van der Waals surface area contributed by atoms with Gasteiger partial charge >= 0.3 is 0 Å². The largest absolute Gasteiger partial charge is 0.394 e. The fourth-order valence-electron chi connectivity index (χ4n) is 1.59. The van der Waals surface area contributed by atoms with E-state index in [4.69, 9.17) is 16.7 Å². The van der Waals surface area contributed by atoms with E-state index in [9.17, 15) is 20.0 Å². The second-order valence-corrected chi connectivity index (χ2v) is 4.44. The number of amides is 1. The lowest BCUT2D eigenvalue weighted by Gasteiger charge is -2.24. The van der Waals surface area contributed by atoms with Gasteiger partial charge in [0, 0.05) is 25.2 Å². The van der Waals surface area contributed by atoms with Gasteiger partial charge in [0.05, 0.1) is 17.6 Å². The predicted molar refractivity (Wildman–Crippen MR) is 72.3 cm³/mol. The zero-order valence-corrected chi connectivity index (χ0v) is 11.4. The Morgan fingerprint density at radius 3 is 2.45 bits per heavy atom. The maximum Gasteiger partial charge on any atom is 0.269 e. The van der Waals surface area contributed by atoms with Crippen molar-refractivity contribution in [3.8, 4) is 0 Å². The molecule has 1 aromatic carbocycles. The summed E-state index contributed by atoms with van der Waals surface area (Å²) in [6.07, 6.45) is -1.06. The number of alkyl halides is 1. The molecule has 1 rings (SSSR count). The molecule has 0 unspecified atom stereocenters. The summed E-state index contributed by atoms with van der Waals surface area (Å²) in [5.41, 5.74) is 0.624. The van der Waals surface area contributed by atoms with Crippen molar-refractivity contribution in [3.63, 3.8) is 0 Å². The van der Waals surface area contributed by atoms with E-state index in [0.29, 0.717) is 5.56 Å². The van der Waals surface area contributed by atoms with E-state index in [2.05, 4.69) is 0 Å². The molecule has 2 N–H and O–H groups in total. The first-order chi connectivity index (χ1) is 9.47. The Morgan fingerprint density at radius 1 is 1.40 bits per heavy atom. The Morgan fingerprint density at radius 2 is 2.00 bits per heavy atom. The minimum atomic E-state index is -1.06. The summed E-state index contributed by atoms with van der Waals surface area (Å²) in [6.45, 7) is -0.369. The quantitative estimate of drug-likeness (QED) is 0.434. The smallest absolute Gasteiger partial charge is 0.269 e. The average molecular weight is 303 g/mol. The van der Waals surface area contributed by atoms with E-state index in [1.54, 1.807) is 0 Å². The molecular formula is C12H15ClN2O5. The van der Waals surface area contributed by atoms with Gasteiger partial charge in [0.15, 0.2) is 0 Å². The third-order valence-corrected chi connectivity index (χ3v) is 2.86. The second kappa shape index (κ2) is 7.78. The number of carbonyl (C=O) groups is 1. The molecule has 0 saturated heterocycles. The molecule has 7 nitrogen and oxygen atoms in total. The van der Waals surface area contributed by atoms with E-state index in [0.717, 1.165) is 0 Å². The van der Waals surface area contributed by atoms with Crippen LogP contribution in [0.3, 0.4) is 0 Å². The first-order valence-corrected chi connectivity index (χ1v) is 6.37. The lowest BCUT2D eigenvalue weighted by Crippen LogP contribution is -2.39. The van der Waals surface area contributed by atoms with E-state index in [1.165, 1.54) is 29.2 Å². The fraction of sp³-hybridized carbons (Fsp3) is 0.417. The number of benzene rings is 1. The number of nitro groups is 1. The Kier molecular flexibility index (Phi) is 6.37. The predicted octanol–water partition coefficient (Wildman–Crippen LogP) is 0.515. The van der Waals surface area contributed by atoms with Gasteiger partial charge in [-0.25, -0.2) is 0 Å². The number of nitrogens with zero attached hydrogens (tertiary/aromatic N) is 2. The lowest BCUT2D eigenvalue weighted by atomic mass is 10.2. The Hall–Kier alpha value is -1.70. The summed E-state index contributed by atoms with van der Waals surface area (Å²) in [5, 5.41) is 28.7. The van der Waals surface area contributed by atoms with Crippen molar-refractivity contribution >= 4 is 23.2 Å². The topological polar surface area (TPSA) is 104 Å². The number of non-ortho nitro benzene ring substituents is 1. The van der Waals surface area contributed by atoms with Crippen molar-refractivity contribution in [3.05, 3.63) is 39.9 Å². The highest BCUT2D eigenvalue weighted by molar-refractivity contribution is 6.27. The van der Waals surface area contributed by atoms with Gasteiger partial charge in [-0.15, -0.1) is 11.6 Å². The summed E-state index contributed by atoms with van der Waals surface area (Å²) in [6, 6.07) is 5.72. The summed E-state index contributed by atoms with van der Waals surface area (Å²) in [4.78, 5) is 22.9. The van der Waals surface area contributed by atoms with Gasteiger partial charge < -0.3 is 15.1 Å². The van der Waals surface area contributed by atoms with Crippen LogP contribution in [0.25, 0.3) is 0 Å². The van der Waals surface area contributed by atoms with Gasteiger partial charge in [-0.3, -0.25) is 14.9 Å². The molecule has 0 aliphatic rings. The molecule has 0 spiro atoms. The lowest BCUT2D eigenvalue weighted by molar-refractivity contribution is -0.384. The average Bonchev–Trinajstić information content (AvgIpc) is 2.46. The van der Waals surface area contributed by atoms with Gasteiger partial charge in [0.1, 0.15) is 5.88 Å².